The van der Waals surface area contributed by atoms with Crippen LogP contribution in [0.3, 0.4) is 0 Å². The Morgan fingerprint density at radius 2 is 1.65 bits per heavy atom. The number of nitrogens with one attached hydrogen (secondary N) is 1. The number of aromatic nitrogens is 1. The molecule has 3 rings (SSSR count). The molecule has 1 aliphatic heterocycles. The molecule has 1 aliphatic rings. The summed E-state index contributed by atoms with van der Waals surface area (Å²) in [6.07, 6.45) is 0.958. The summed E-state index contributed by atoms with van der Waals surface area (Å²) in [5, 5.41) is 2.66. The Bertz CT molecular complexity index is 1180. The topological polar surface area (TPSA) is 116 Å². The highest BCUT2D eigenvalue weighted by molar-refractivity contribution is 6.26. The van der Waals surface area contributed by atoms with Crippen LogP contribution in [0.15, 0.2) is 54.2 Å². The summed E-state index contributed by atoms with van der Waals surface area (Å²) >= 11 is 0. The van der Waals surface area contributed by atoms with E-state index in [1.54, 1.807) is 52.9 Å². The lowest BCUT2D eigenvalue weighted by atomic mass is 10.1. The molecular formula is C27H33N3O7. The standard InChI is InChI=1S/C27H33N3O7/c1-6-35-24(32)20-21(29-15-11-14-19(29)16-28-26(34)37-27(3,4)5)23(31)30(22(20)25(33)36-7-2)17-18-12-9-8-10-13-18/h8-15,22H,6-7,16-17H2,1-5H3,(H,28,34). The van der Waals surface area contributed by atoms with Crippen molar-refractivity contribution in [3.63, 3.8) is 0 Å². The predicted molar refractivity (Wildman–Crippen MR) is 135 cm³/mol. The number of ether oxygens (including phenoxy) is 3. The van der Waals surface area contributed by atoms with E-state index >= 15 is 0 Å². The fraction of sp³-hybridized carbons (Fsp3) is 0.407. The van der Waals surface area contributed by atoms with E-state index in [4.69, 9.17) is 14.2 Å². The van der Waals surface area contributed by atoms with E-state index in [0.29, 0.717) is 5.69 Å². The zero-order valence-electron chi connectivity index (χ0n) is 21.8. The molecule has 2 amide bonds. The zero-order chi connectivity index (χ0) is 27.2. The number of alkyl carbamates (subject to hydrolysis) is 1. The van der Waals surface area contributed by atoms with Gasteiger partial charge in [0.1, 0.15) is 16.9 Å². The first kappa shape index (κ1) is 27.5. The van der Waals surface area contributed by atoms with Crippen molar-refractivity contribution >= 4 is 29.6 Å². The number of amides is 2. The van der Waals surface area contributed by atoms with Crippen molar-refractivity contribution in [1.29, 1.82) is 0 Å². The monoisotopic (exact) mass is 511 g/mol. The van der Waals surface area contributed by atoms with Gasteiger partial charge >= 0.3 is 18.0 Å². The number of carbonyl (C=O) groups is 4. The summed E-state index contributed by atoms with van der Waals surface area (Å²) in [7, 11) is 0. The van der Waals surface area contributed by atoms with Crippen LogP contribution in [0.4, 0.5) is 4.79 Å². The van der Waals surface area contributed by atoms with E-state index in [1.165, 1.54) is 9.47 Å². The van der Waals surface area contributed by atoms with E-state index in [9.17, 15) is 19.2 Å². The molecule has 1 N–H and O–H groups in total. The molecule has 1 aromatic heterocycles. The van der Waals surface area contributed by atoms with Gasteiger partial charge < -0.3 is 29.0 Å². The highest BCUT2D eigenvalue weighted by Crippen LogP contribution is 2.34. The lowest BCUT2D eigenvalue weighted by molar-refractivity contribution is -0.153. The Morgan fingerprint density at radius 3 is 2.27 bits per heavy atom. The van der Waals surface area contributed by atoms with Crippen molar-refractivity contribution in [2.45, 2.75) is 59.4 Å². The van der Waals surface area contributed by atoms with Crippen LogP contribution >= 0.6 is 0 Å². The minimum atomic E-state index is -1.30. The second-order valence-corrected chi connectivity index (χ2v) is 9.28. The van der Waals surface area contributed by atoms with E-state index < -0.39 is 35.6 Å². The third-order valence-corrected chi connectivity index (χ3v) is 5.39. The first-order chi connectivity index (χ1) is 17.6. The first-order valence-corrected chi connectivity index (χ1v) is 12.1. The minimum Gasteiger partial charge on any atom is -0.464 e. The maximum absolute atomic E-state index is 13.8. The lowest BCUT2D eigenvalue weighted by Gasteiger charge is -2.24. The second kappa shape index (κ2) is 11.8. The minimum absolute atomic E-state index is 0.0115. The van der Waals surface area contributed by atoms with Crippen LogP contribution in [-0.2, 0) is 41.7 Å². The summed E-state index contributed by atoms with van der Waals surface area (Å²) in [5.41, 5.74) is 0.446. The first-order valence-electron chi connectivity index (χ1n) is 12.1. The van der Waals surface area contributed by atoms with Crippen LogP contribution in [0.5, 0.6) is 0 Å². The SMILES string of the molecule is CCOC(=O)C1=C(n2cccc2CNC(=O)OC(C)(C)C)C(=O)N(Cc2ccccc2)C1C(=O)OCC. The molecule has 1 atom stereocenters. The van der Waals surface area contributed by atoms with E-state index in [0.717, 1.165) is 5.56 Å². The average Bonchev–Trinajstić information content (AvgIpc) is 3.40. The highest BCUT2D eigenvalue weighted by atomic mass is 16.6. The average molecular weight is 512 g/mol. The van der Waals surface area contributed by atoms with Gasteiger partial charge in [-0.3, -0.25) is 4.79 Å². The molecule has 0 fully saturated rings. The number of benzene rings is 1. The molecule has 37 heavy (non-hydrogen) atoms. The van der Waals surface area contributed by atoms with Gasteiger partial charge in [-0.2, -0.15) is 0 Å². The van der Waals surface area contributed by atoms with Crippen LogP contribution in [0.2, 0.25) is 0 Å². The molecule has 0 radical (unpaired) electrons. The summed E-state index contributed by atoms with van der Waals surface area (Å²) in [6.45, 7) is 8.75. The molecule has 1 unspecified atom stereocenters. The Morgan fingerprint density at radius 1 is 0.973 bits per heavy atom. The van der Waals surface area contributed by atoms with Gasteiger partial charge in [-0.25, -0.2) is 14.4 Å². The van der Waals surface area contributed by atoms with Gasteiger partial charge in [0.15, 0.2) is 6.04 Å². The molecule has 0 spiro atoms. The Kier molecular flexibility index (Phi) is 8.75. The smallest absolute Gasteiger partial charge is 0.407 e. The lowest BCUT2D eigenvalue weighted by Crippen LogP contribution is -2.43. The van der Waals surface area contributed by atoms with Crippen LogP contribution < -0.4 is 5.32 Å². The Hall–Kier alpha value is -4.08. The summed E-state index contributed by atoms with van der Waals surface area (Å²) in [4.78, 5) is 53.7. The van der Waals surface area contributed by atoms with Crippen molar-refractivity contribution in [3.8, 4) is 0 Å². The largest absolute Gasteiger partial charge is 0.464 e. The molecule has 0 saturated heterocycles. The fourth-order valence-corrected chi connectivity index (χ4v) is 3.97. The van der Waals surface area contributed by atoms with Gasteiger partial charge in [-0.05, 0) is 52.3 Å². The normalized spacial score (nSPS) is 15.5. The molecule has 1 aromatic carbocycles. The third kappa shape index (κ3) is 6.58. The van der Waals surface area contributed by atoms with Gasteiger partial charge in [-0.1, -0.05) is 30.3 Å². The van der Waals surface area contributed by atoms with Gasteiger partial charge in [0.25, 0.3) is 5.91 Å². The molecule has 198 valence electrons. The summed E-state index contributed by atoms with van der Waals surface area (Å²) < 4.78 is 17.3. The van der Waals surface area contributed by atoms with Gasteiger partial charge in [0, 0.05) is 18.4 Å². The van der Waals surface area contributed by atoms with Gasteiger partial charge in [0.2, 0.25) is 0 Å². The van der Waals surface area contributed by atoms with E-state index in [2.05, 4.69) is 5.32 Å². The van der Waals surface area contributed by atoms with Crippen molar-refractivity contribution < 1.29 is 33.4 Å². The van der Waals surface area contributed by atoms with E-state index in [-0.39, 0.29) is 37.6 Å². The van der Waals surface area contributed by atoms with Crippen LogP contribution in [0.1, 0.15) is 45.9 Å². The Balaban J connectivity index is 2.05. The molecular weight excluding hydrogens is 478 g/mol. The second-order valence-electron chi connectivity index (χ2n) is 9.28. The van der Waals surface area contributed by atoms with Crippen molar-refractivity contribution in [2.24, 2.45) is 0 Å². The number of rotatable bonds is 9. The Labute approximate surface area is 216 Å². The van der Waals surface area contributed by atoms with Gasteiger partial charge in [-0.15, -0.1) is 0 Å². The molecule has 10 nitrogen and oxygen atoms in total. The maximum Gasteiger partial charge on any atom is 0.407 e. The molecule has 2 aromatic rings. The zero-order valence-corrected chi connectivity index (χ0v) is 21.8. The molecule has 0 aliphatic carbocycles. The van der Waals surface area contributed by atoms with Crippen LogP contribution in [0, 0.1) is 0 Å². The molecule has 0 bridgehead atoms. The van der Waals surface area contributed by atoms with E-state index in [1.807, 2.05) is 30.3 Å². The number of hydrogen-bond donors (Lipinski definition) is 1. The summed E-state index contributed by atoms with van der Waals surface area (Å²) in [6, 6.07) is 11.2. The number of esters is 2. The quantitative estimate of drug-likeness (QED) is 0.406. The number of hydrogen-bond acceptors (Lipinski definition) is 7. The molecule has 10 heteroatoms. The van der Waals surface area contributed by atoms with Crippen molar-refractivity contribution in [1.82, 2.24) is 14.8 Å². The fourth-order valence-electron chi connectivity index (χ4n) is 3.97. The number of carbonyl (C=O) groups excluding carboxylic acids is 4. The molecule has 0 saturated carbocycles. The van der Waals surface area contributed by atoms with Crippen LogP contribution in [-0.4, -0.2) is 58.3 Å². The van der Waals surface area contributed by atoms with Gasteiger partial charge in [0.05, 0.1) is 19.8 Å². The maximum atomic E-state index is 13.8. The highest BCUT2D eigenvalue weighted by Gasteiger charge is 2.49. The van der Waals surface area contributed by atoms with Crippen LogP contribution in [0.25, 0.3) is 5.70 Å². The predicted octanol–water partition coefficient (Wildman–Crippen LogP) is 3.26. The van der Waals surface area contributed by atoms with Crippen molar-refractivity contribution in [3.05, 3.63) is 65.5 Å². The number of nitrogens with zero attached hydrogens (tertiary/aromatic N) is 2. The van der Waals surface area contributed by atoms with Crippen molar-refractivity contribution in [2.75, 3.05) is 13.2 Å². The molecule has 2 heterocycles. The summed E-state index contributed by atoms with van der Waals surface area (Å²) in [5.74, 6) is -2.07. The third-order valence-electron chi connectivity index (χ3n) is 5.39.